The minimum atomic E-state index is -0.205. The van der Waals surface area contributed by atoms with E-state index in [1.165, 1.54) is 17.3 Å². The zero-order chi connectivity index (χ0) is 15.8. The molecule has 0 fully saturated rings. The van der Waals surface area contributed by atoms with E-state index in [9.17, 15) is 4.79 Å². The highest BCUT2D eigenvalue weighted by Gasteiger charge is 2.18. The van der Waals surface area contributed by atoms with Crippen LogP contribution in [0.15, 0.2) is 24.3 Å². The molecule has 0 radical (unpaired) electrons. The van der Waals surface area contributed by atoms with Crippen LogP contribution < -0.4 is 5.32 Å². The number of carbonyl (C=O) groups excluding carboxylic acids is 1. The molecule has 0 saturated heterocycles. The fourth-order valence-electron chi connectivity index (χ4n) is 1.83. The maximum atomic E-state index is 12.2. The Morgan fingerprint density at radius 2 is 1.81 bits per heavy atom. The zero-order valence-corrected chi connectivity index (χ0v) is 14.8. The van der Waals surface area contributed by atoms with Gasteiger partial charge in [-0.25, -0.2) is 0 Å². The summed E-state index contributed by atoms with van der Waals surface area (Å²) in [6.07, 6.45) is 0.999. The van der Waals surface area contributed by atoms with Gasteiger partial charge in [-0.15, -0.1) is 0 Å². The van der Waals surface area contributed by atoms with Gasteiger partial charge in [0.1, 0.15) is 4.32 Å². The van der Waals surface area contributed by atoms with E-state index < -0.39 is 0 Å². The molecule has 0 aromatic heterocycles. The third kappa shape index (κ3) is 5.67. The third-order valence-electron chi connectivity index (χ3n) is 3.30. The van der Waals surface area contributed by atoms with Crippen molar-refractivity contribution in [2.45, 2.75) is 39.4 Å². The molecule has 0 heterocycles. The number of amides is 1. The van der Waals surface area contributed by atoms with Gasteiger partial charge in [0.05, 0.1) is 5.25 Å². The van der Waals surface area contributed by atoms with E-state index in [4.69, 9.17) is 12.2 Å². The van der Waals surface area contributed by atoms with Crippen LogP contribution in [0.3, 0.4) is 0 Å². The number of benzene rings is 1. The molecular weight excluding hydrogens is 300 g/mol. The van der Waals surface area contributed by atoms with Crippen molar-refractivity contribution in [2.75, 3.05) is 18.4 Å². The standard InChI is InChI=1S/C16H24N2OS2/c1-5-13-8-10-14(11-9-13)17-15(19)12(4)21-16(20)18(6-2)7-3/h8-12H,5-7H2,1-4H3,(H,17,19)/t12-/m1/s1. The van der Waals surface area contributed by atoms with E-state index in [0.717, 1.165) is 29.5 Å². The highest BCUT2D eigenvalue weighted by atomic mass is 32.2. The molecule has 1 rings (SSSR count). The molecule has 1 aromatic rings. The SMILES string of the molecule is CCc1ccc(NC(=O)[C@@H](C)SC(=S)N(CC)CC)cc1. The van der Waals surface area contributed by atoms with Crippen LogP contribution >= 0.6 is 24.0 Å². The Morgan fingerprint density at radius 1 is 1.24 bits per heavy atom. The number of hydrogen-bond donors (Lipinski definition) is 1. The van der Waals surface area contributed by atoms with Crippen LogP contribution in [0.25, 0.3) is 0 Å². The van der Waals surface area contributed by atoms with Gasteiger partial charge in [-0.3, -0.25) is 4.79 Å². The summed E-state index contributed by atoms with van der Waals surface area (Å²) in [6.45, 7) is 9.87. The van der Waals surface area contributed by atoms with Crippen LogP contribution in [0.5, 0.6) is 0 Å². The van der Waals surface area contributed by atoms with E-state index in [2.05, 4.69) is 31.0 Å². The summed E-state index contributed by atoms with van der Waals surface area (Å²) in [5.41, 5.74) is 2.09. The van der Waals surface area contributed by atoms with E-state index in [1.807, 2.05) is 31.2 Å². The molecule has 1 aromatic carbocycles. The Morgan fingerprint density at radius 3 is 2.29 bits per heavy atom. The van der Waals surface area contributed by atoms with Crippen LogP contribution in [-0.2, 0) is 11.2 Å². The predicted octanol–water partition coefficient (Wildman–Crippen LogP) is 3.94. The first kappa shape index (κ1) is 18.0. The second kappa shape index (κ2) is 9.05. The number of carbonyl (C=O) groups is 1. The topological polar surface area (TPSA) is 32.3 Å². The summed E-state index contributed by atoms with van der Waals surface area (Å²) in [5, 5.41) is 2.73. The van der Waals surface area contributed by atoms with Crippen LogP contribution in [0.2, 0.25) is 0 Å². The van der Waals surface area contributed by atoms with Gasteiger partial charge in [0.25, 0.3) is 0 Å². The molecule has 0 saturated carbocycles. The number of anilines is 1. The van der Waals surface area contributed by atoms with Crippen LogP contribution in [0.4, 0.5) is 5.69 Å². The zero-order valence-electron chi connectivity index (χ0n) is 13.2. The number of hydrogen-bond acceptors (Lipinski definition) is 3. The summed E-state index contributed by atoms with van der Waals surface area (Å²) in [7, 11) is 0. The number of thioether (sulfide) groups is 1. The monoisotopic (exact) mass is 324 g/mol. The number of thiocarbonyl (C=S) groups is 1. The van der Waals surface area contributed by atoms with Crippen molar-refractivity contribution in [3.8, 4) is 0 Å². The molecule has 0 unspecified atom stereocenters. The molecule has 1 amide bonds. The van der Waals surface area contributed by atoms with Gasteiger partial charge in [-0.1, -0.05) is 43.0 Å². The number of aryl methyl sites for hydroxylation is 1. The maximum absolute atomic E-state index is 12.2. The Hall–Kier alpha value is -1.07. The molecule has 1 atom stereocenters. The van der Waals surface area contributed by atoms with Gasteiger partial charge in [-0.05, 0) is 44.9 Å². The van der Waals surface area contributed by atoms with Crippen molar-refractivity contribution < 1.29 is 4.79 Å². The molecule has 0 spiro atoms. The van der Waals surface area contributed by atoms with Crippen molar-refractivity contribution in [1.29, 1.82) is 0 Å². The van der Waals surface area contributed by atoms with Gasteiger partial charge in [0.2, 0.25) is 5.91 Å². The Kier molecular flexibility index (Phi) is 7.75. The first-order valence-electron chi connectivity index (χ1n) is 7.37. The molecule has 0 aliphatic carbocycles. The molecule has 3 nitrogen and oxygen atoms in total. The fourth-order valence-corrected chi connectivity index (χ4v) is 3.40. The van der Waals surface area contributed by atoms with E-state index in [0.29, 0.717) is 0 Å². The van der Waals surface area contributed by atoms with Crippen LogP contribution in [0, 0.1) is 0 Å². The van der Waals surface area contributed by atoms with Gasteiger partial charge in [0.15, 0.2) is 0 Å². The van der Waals surface area contributed by atoms with Crippen molar-refractivity contribution in [1.82, 2.24) is 4.90 Å². The summed E-state index contributed by atoms with van der Waals surface area (Å²) < 4.78 is 0.781. The normalized spacial score (nSPS) is 11.8. The molecule has 5 heteroatoms. The first-order chi connectivity index (χ1) is 10.0. The lowest BCUT2D eigenvalue weighted by molar-refractivity contribution is -0.115. The van der Waals surface area contributed by atoms with Crippen LogP contribution in [-0.4, -0.2) is 33.5 Å². The minimum Gasteiger partial charge on any atom is -0.358 e. The Labute approximate surface area is 137 Å². The van der Waals surface area contributed by atoms with E-state index in [-0.39, 0.29) is 11.2 Å². The fraction of sp³-hybridized carbons (Fsp3) is 0.500. The molecule has 21 heavy (non-hydrogen) atoms. The third-order valence-corrected chi connectivity index (χ3v) is 4.87. The van der Waals surface area contributed by atoms with Crippen molar-refractivity contribution in [2.24, 2.45) is 0 Å². The molecular formula is C16H24N2OS2. The number of nitrogens with one attached hydrogen (secondary N) is 1. The second-order valence-electron chi connectivity index (χ2n) is 4.74. The number of rotatable bonds is 6. The quantitative estimate of drug-likeness (QED) is 0.804. The second-order valence-corrected chi connectivity index (χ2v) is 6.71. The number of nitrogens with zero attached hydrogens (tertiary/aromatic N) is 1. The average molecular weight is 325 g/mol. The lowest BCUT2D eigenvalue weighted by Gasteiger charge is -2.22. The summed E-state index contributed by atoms with van der Waals surface area (Å²) in [5.74, 6) is -0.0150. The molecule has 0 aliphatic rings. The lowest BCUT2D eigenvalue weighted by atomic mass is 10.1. The van der Waals surface area contributed by atoms with Crippen LogP contribution in [0.1, 0.15) is 33.3 Å². The van der Waals surface area contributed by atoms with Gasteiger partial charge in [0, 0.05) is 18.8 Å². The summed E-state index contributed by atoms with van der Waals surface area (Å²) >= 11 is 6.81. The minimum absolute atomic E-state index is 0.0150. The van der Waals surface area contributed by atoms with Crippen molar-refractivity contribution in [3.63, 3.8) is 0 Å². The molecule has 0 bridgehead atoms. The highest BCUT2D eigenvalue weighted by Crippen LogP contribution is 2.18. The summed E-state index contributed by atoms with van der Waals surface area (Å²) in [4.78, 5) is 14.3. The first-order valence-corrected chi connectivity index (χ1v) is 8.65. The Bertz CT molecular complexity index is 470. The van der Waals surface area contributed by atoms with Crippen molar-refractivity contribution >= 4 is 39.9 Å². The summed E-state index contributed by atoms with van der Waals surface area (Å²) in [6, 6.07) is 7.95. The van der Waals surface area contributed by atoms with Gasteiger partial charge < -0.3 is 10.2 Å². The predicted molar refractivity (Wildman–Crippen MR) is 97.0 cm³/mol. The lowest BCUT2D eigenvalue weighted by Crippen LogP contribution is -2.31. The molecule has 116 valence electrons. The van der Waals surface area contributed by atoms with Gasteiger partial charge >= 0.3 is 0 Å². The largest absolute Gasteiger partial charge is 0.358 e. The highest BCUT2D eigenvalue weighted by molar-refractivity contribution is 8.23. The van der Waals surface area contributed by atoms with E-state index >= 15 is 0 Å². The van der Waals surface area contributed by atoms with E-state index in [1.54, 1.807) is 0 Å². The Balaban J connectivity index is 2.55. The van der Waals surface area contributed by atoms with Gasteiger partial charge in [-0.2, -0.15) is 0 Å². The van der Waals surface area contributed by atoms with Crippen molar-refractivity contribution in [3.05, 3.63) is 29.8 Å². The smallest absolute Gasteiger partial charge is 0.237 e. The molecule has 0 aliphatic heterocycles. The maximum Gasteiger partial charge on any atom is 0.237 e. The molecule has 1 N–H and O–H groups in total. The average Bonchev–Trinajstić information content (AvgIpc) is 2.49.